The highest BCUT2D eigenvalue weighted by molar-refractivity contribution is 5.94. The molecule has 0 aliphatic carbocycles. The number of aliphatic hydroxyl groups is 1. The van der Waals surface area contributed by atoms with E-state index in [2.05, 4.69) is 11.8 Å². The first-order valence-electron chi connectivity index (χ1n) is 6.93. The molecule has 0 aromatic heterocycles. The van der Waals surface area contributed by atoms with Crippen molar-refractivity contribution in [1.29, 1.82) is 0 Å². The second-order valence-electron chi connectivity index (χ2n) is 5.49. The summed E-state index contributed by atoms with van der Waals surface area (Å²) in [6, 6.07) is 4.26. The summed E-state index contributed by atoms with van der Waals surface area (Å²) in [4.78, 5) is 13.9. The van der Waals surface area contributed by atoms with E-state index in [4.69, 9.17) is 5.73 Å². The summed E-state index contributed by atoms with van der Waals surface area (Å²) < 4.78 is 13.9. The minimum Gasteiger partial charge on any atom is -0.390 e. The average molecular weight is 290 g/mol. The third kappa shape index (κ3) is 3.81. The molecule has 1 amide bonds. The standard InChI is InChI=1S/C16H19FN2O2/c1-16(21)6-9-19(10-7-16)15(20)13-5-4-12(3-2-8-18)14(17)11-13/h4-5,11,21H,6-10,18H2,1H3. The Kier molecular flexibility index (Phi) is 4.61. The molecule has 0 radical (unpaired) electrons. The van der Waals surface area contributed by atoms with E-state index in [1.165, 1.54) is 12.1 Å². The number of nitrogens with two attached hydrogens (primary N) is 1. The van der Waals surface area contributed by atoms with Gasteiger partial charge in [-0.25, -0.2) is 4.39 Å². The van der Waals surface area contributed by atoms with Gasteiger partial charge in [-0.1, -0.05) is 11.8 Å². The summed E-state index contributed by atoms with van der Waals surface area (Å²) in [5.41, 5.74) is 5.06. The van der Waals surface area contributed by atoms with Gasteiger partial charge in [0, 0.05) is 18.7 Å². The van der Waals surface area contributed by atoms with E-state index < -0.39 is 11.4 Å². The molecule has 1 aromatic carbocycles. The molecule has 0 spiro atoms. The van der Waals surface area contributed by atoms with Crippen LogP contribution in [-0.4, -0.2) is 41.1 Å². The number of nitrogens with zero attached hydrogens (tertiary/aromatic N) is 1. The molecule has 1 heterocycles. The van der Waals surface area contributed by atoms with E-state index in [0.717, 1.165) is 0 Å². The van der Waals surface area contributed by atoms with Gasteiger partial charge in [-0.05, 0) is 38.0 Å². The third-order valence-electron chi connectivity index (χ3n) is 3.67. The van der Waals surface area contributed by atoms with Crippen LogP contribution in [0.4, 0.5) is 4.39 Å². The normalized spacial score (nSPS) is 17.0. The molecule has 5 heteroatoms. The Morgan fingerprint density at radius 2 is 2.14 bits per heavy atom. The molecule has 2 rings (SSSR count). The third-order valence-corrected chi connectivity index (χ3v) is 3.67. The van der Waals surface area contributed by atoms with Crippen LogP contribution in [0.3, 0.4) is 0 Å². The minimum atomic E-state index is -0.719. The van der Waals surface area contributed by atoms with E-state index in [1.807, 2.05) is 0 Å². The van der Waals surface area contributed by atoms with Gasteiger partial charge < -0.3 is 15.7 Å². The Labute approximate surface area is 123 Å². The molecule has 0 atom stereocenters. The number of carbonyl (C=O) groups excluding carboxylic acids is 1. The van der Waals surface area contributed by atoms with Crippen molar-refractivity contribution in [2.24, 2.45) is 5.73 Å². The zero-order valence-electron chi connectivity index (χ0n) is 12.0. The molecule has 4 nitrogen and oxygen atoms in total. The van der Waals surface area contributed by atoms with Crippen molar-refractivity contribution in [2.45, 2.75) is 25.4 Å². The first-order chi connectivity index (χ1) is 9.93. The molecule has 0 saturated carbocycles. The lowest BCUT2D eigenvalue weighted by Gasteiger charge is -2.35. The van der Waals surface area contributed by atoms with Crippen LogP contribution in [0.1, 0.15) is 35.7 Å². The van der Waals surface area contributed by atoms with E-state index in [1.54, 1.807) is 17.9 Å². The Hall–Kier alpha value is -1.90. The highest BCUT2D eigenvalue weighted by Crippen LogP contribution is 2.22. The number of likely N-dealkylation sites (tertiary alicyclic amines) is 1. The monoisotopic (exact) mass is 290 g/mol. The van der Waals surface area contributed by atoms with Crippen LogP contribution in [-0.2, 0) is 0 Å². The topological polar surface area (TPSA) is 66.6 Å². The number of piperidine rings is 1. The number of halogens is 1. The zero-order chi connectivity index (χ0) is 15.5. The van der Waals surface area contributed by atoms with Gasteiger partial charge in [0.1, 0.15) is 5.82 Å². The predicted molar refractivity (Wildman–Crippen MR) is 78.1 cm³/mol. The zero-order valence-corrected chi connectivity index (χ0v) is 12.0. The molecule has 3 N–H and O–H groups in total. The number of rotatable bonds is 1. The fourth-order valence-electron chi connectivity index (χ4n) is 2.27. The Balaban J connectivity index is 2.12. The summed E-state index contributed by atoms with van der Waals surface area (Å²) in [5.74, 6) is 4.46. The summed E-state index contributed by atoms with van der Waals surface area (Å²) in [6.45, 7) is 2.87. The molecule has 1 aliphatic heterocycles. The SMILES string of the molecule is CC1(O)CCN(C(=O)c2ccc(C#CCN)c(F)c2)CC1. The van der Waals surface area contributed by atoms with Gasteiger partial charge in [-0.2, -0.15) is 0 Å². The molecule has 21 heavy (non-hydrogen) atoms. The maximum absolute atomic E-state index is 13.9. The summed E-state index contributed by atoms with van der Waals surface area (Å²) in [7, 11) is 0. The molecule has 0 unspecified atom stereocenters. The first-order valence-corrected chi connectivity index (χ1v) is 6.93. The van der Waals surface area contributed by atoms with E-state index in [0.29, 0.717) is 31.5 Å². The van der Waals surface area contributed by atoms with Gasteiger partial charge >= 0.3 is 0 Å². The van der Waals surface area contributed by atoms with Crippen LogP contribution in [0.5, 0.6) is 0 Å². The van der Waals surface area contributed by atoms with Crippen LogP contribution in [0, 0.1) is 17.7 Å². The van der Waals surface area contributed by atoms with Crippen molar-refractivity contribution >= 4 is 5.91 Å². The fourth-order valence-corrected chi connectivity index (χ4v) is 2.27. The molecule has 1 aliphatic rings. The molecule has 112 valence electrons. The molecule has 1 fully saturated rings. The smallest absolute Gasteiger partial charge is 0.253 e. The predicted octanol–water partition coefficient (Wildman–Crippen LogP) is 1.12. The average Bonchev–Trinajstić information content (AvgIpc) is 2.45. The number of benzene rings is 1. The highest BCUT2D eigenvalue weighted by atomic mass is 19.1. The van der Waals surface area contributed by atoms with Crippen LogP contribution >= 0.6 is 0 Å². The van der Waals surface area contributed by atoms with Gasteiger partial charge in [0.2, 0.25) is 0 Å². The van der Waals surface area contributed by atoms with Crippen molar-refractivity contribution in [3.05, 3.63) is 35.1 Å². The van der Waals surface area contributed by atoms with Crippen molar-refractivity contribution in [3.63, 3.8) is 0 Å². The maximum atomic E-state index is 13.9. The van der Waals surface area contributed by atoms with E-state index in [9.17, 15) is 14.3 Å². The molecule has 1 saturated heterocycles. The van der Waals surface area contributed by atoms with Crippen molar-refractivity contribution < 1.29 is 14.3 Å². The van der Waals surface area contributed by atoms with E-state index >= 15 is 0 Å². The van der Waals surface area contributed by atoms with Crippen LogP contribution in [0.2, 0.25) is 0 Å². The van der Waals surface area contributed by atoms with Crippen LogP contribution in [0.15, 0.2) is 18.2 Å². The summed E-state index contributed by atoms with van der Waals surface area (Å²) in [6.07, 6.45) is 1.06. The largest absolute Gasteiger partial charge is 0.390 e. The van der Waals surface area contributed by atoms with Crippen molar-refractivity contribution in [3.8, 4) is 11.8 Å². The first kappa shape index (κ1) is 15.5. The quantitative estimate of drug-likeness (QED) is 0.762. The Bertz CT molecular complexity index is 592. The molecule has 1 aromatic rings. The Morgan fingerprint density at radius 1 is 1.48 bits per heavy atom. The van der Waals surface area contributed by atoms with Gasteiger partial charge in [0.05, 0.1) is 17.7 Å². The lowest BCUT2D eigenvalue weighted by molar-refractivity contribution is -0.00203. The second kappa shape index (κ2) is 6.25. The Morgan fingerprint density at radius 3 is 2.71 bits per heavy atom. The molecular formula is C16H19FN2O2. The molecule has 0 bridgehead atoms. The lowest BCUT2D eigenvalue weighted by Crippen LogP contribution is -2.45. The lowest BCUT2D eigenvalue weighted by atomic mass is 9.93. The number of hydrogen-bond donors (Lipinski definition) is 2. The van der Waals surface area contributed by atoms with Crippen molar-refractivity contribution in [2.75, 3.05) is 19.6 Å². The van der Waals surface area contributed by atoms with Gasteiger partial charge in [0.25, 0.3) is 5.91 Å². The van der Waals surface area contributed by atoms with Gasteiger partial charge in [-0.15, -0.1) is 0 Å². The maximum Gasteiger partial charge on any atom is 0.253 e. The summed E-state index contributed by atoms with van der Waals surface area (Å²) >= 11 is 0. The van der Waals surface area contributed by atoms with E-state index in [-0.39, 0.29) is 18.0 Å². The summed E-state index contributed by atoms with van der Waals surface area (Å²) in [5, 5.41) is 9.88. The minimum absolute atomic E-state index is 0.161. The highest BCUT2D eigenvalue weighted by Gasteiger charge is 2.30. The van der Waals surface area contributed by atoms with Crippen LogP contribution < -0.4 is 5.73 Å². The molecular weight excluding hydrogens is 271 g/mol. The number of amides is 1. The number of carbonyl (C=O) groups is 1. The van der Waals surface area contributed by atoms with Crippen molar-refractivity contribution in [1.82, 2.24) is 4.90 Å². The number of hydrogen-bond acceptors (Lipinski definition) is 3. The fraction of sp³-hybridized carbons (Fsp3) is 0.438. The van der Waals surface area contributed by atoms with Gasteiger partial charge in [0.15, 0.2) is 0 Å². The van der Waals surface area contributed by atoms with Crippen LogP contribution in [0.25, 0.3) is 0 Å². The second-order valence-corrected chi connectivity index (χ2v) is 5.49. The van der Waals surface area contributed by atoms with Gasteiger partial charge in [-0.3, -0.25) is 4.79 Å².